The van der Waals surface area contributed by atoms with Crippen LogP contribution in [0, 0.1) is 5.82 Å². The molecule has 1 N–H and O–H groups in total. The Labute approximate surface area is 102 Å². The zero-order chi connectivity index (χ0) is 12.3. The van der Waals surface area contributed by atoms with E-state index in [1.54, 1.807) is 6.07 Å². The summed E-state index contributed by atoms with van der Waals surface area (Å²) in [4.78, 5) is 0. The quantitative estimate of drug-likeness (QED) is 0.674. The maximum Gasteiger partial charge on any atom is 0.125 e. The fraction of sp³-hybridized carbons (Fsp3) is 0.538. The van der Waals surface area contributed by atoms with Crippen molar-refractivity contribution in [1.82, 2.24) is 0 Å². The van der Waals surface area contributed by atoms with E-state index >= 15 is 0 Å². The summed E-state index contributed by atoms with van der Waals surface area (Å²) in [6, 6.07) is 6.39. The number of anilines is 1. The van der Waals surface area contributed by atoms with Gasteiger partial charge < -0.3 is 14.8 Å². The largest absolute Gasteiger partial charge is 0.383 e. The molecule has 0 aliphatic heterocycles. The van der Waals surface area contributed by atoms with E-state index in [2.05, 4.69) is 12.2 Å². The molecule has 0 saturated carbocycles. The van der Waals surface area contributed by atoms with Crippen molar-refractivity contribution in [3.63, 3.8) is 0 Å². The molecule has 0 saturated heterocycles. The molecular formula is C13H20FNO2. The van der Waals surface area contributed by atoms with E-state index in [-0.39, 0.29) is 5.82 Å². The Balaban J connectivity index is 1.97. The first-order valence-electron chi connectivity index (χ1n) is 5.98. The molecule has 0 heterocycles. The predicted octanol–water partition coefficient (Wildman–Crippen LogP) is 2.68. The molecule has 0 bridgehead atoms. The summed E-state index contributed by atoms with van der Waals surface area (Å²) in [6.07, 6.45) is 1.03. The number of benzene rings is 1. The molecule has 0 aliphatic rings. The third-order valence-corrected chi connectivity index (χ3v) is 2.12. The highest BCUT2D eigenvalue weighted by Gasteiger charge is 1.94. The van der Waals surface area contributed by atoms with Gasteiger partial charge in [-0.2, -0.15) is 0 Å². The van der Waals surface area contributed by atoms with E-state index in [9.17, 15) is 4.39 Å². The summed E-state index contributed by atoms with van der Waals surface area (Å²) in [6.45, 7) is 5.34. The fourth-order valence-corrected chi connectivity index (χ4v) is 1.33. The van der Waals surface area contributed by atoms with Crippen LogP contribution in [0.5, 0.6) is 0 Å². The molecule has 96 valence electrons. The first kappa shape index (κ1) is 13.9. The predicted molar refractivity (Wildman–Crippen MR) is 66.8 cm³/mol. The van der Waals surface area contributed by atoms with Gasteiger partial charge in [0.05, 0.1) is 19.8 Å². The lowest BCUT2D eigenvalue weighted by molar-refractivity contribution is 0.0519. The molecule has 0 unspecified atom stereocenters. The Hall–Kier alpha value is -1.13. The lowest BCUT2D eigenvalue weighted by Gasteiger charge is -2.07. The summed E-state index contributed by atoms with van der Waals surface area (Å²) >= 11 is 0. The maximum absolute atomic E-state index is 12.8. The van der Waals surface area contributed by atoms with Crippen LogP contribution >= 0.6 is 0 Å². The second kappa shape index (κ2) is 8.96. The molecule has 0 radical (unpaired) electrons. The van der Waals surface area contributed by atoms with Gasteiger partial charge in [0.1, 0.15) is 5.82 Å². The molecule has 0 spiro atoms. The summed E-state index contributed by atoms with van der Waals surface area (Å²) in [7, 11) is 0. The molecule has 0 fully saturated rings. The summed E-state index contributed by atoms with van der Waals surface area (Å²) in [5, 5.41) is 3.08. The molecular weight excluding hydrogens is 221 g/mol. The van der Waals surface area contributed by atoms with Crippen LogP contribution in [0.15, 0.2) is 24.3 Å². The van der Waals surface area contributed by atoms with Crippen molar-refractivity contribution in [2.24, 2.45) is 0 Å². The average molecular weight is 241 g/mol. The average Bonchev–Trinajstić information content (AvgIpc) is 2.33. The van der Waals surface area contributed by atoms with Gasteiger partial charge in [-0.25, -0.2) is 4.39 Å². The Kier molecular flexibility index (Phi) is 7.34. The smallest absolute Gasteiger partial charge is 0.125 e. The lowest BCUT2D eigenvalue weighted by Crippen LogP contribution is -2.12. The van der Waals surface area contributed by atoms with Gasteiger partial charge in [-0.05, 0) is 24.6 Å². The van der Waals surface area contributed by atoms with Gasteiger partial charge in [-0.3, -0.25) is 0 Å². The monoisotopic (exact) mass is 241 g/mol. The van der Waals surface area contributed by atoms with E-state index < -0.39 is 0 Å². The molecule has 1 rings (SSSR count). The van der Waals surface area contributed by atoms with Gasteiger partial charge in [-0.1, -0.05) is 13.0 Å². The van der Waals surface area contributed by atoms with Crippen molar-refractivity contribution in [2.45, 2.75) is 13.3 Å². The Bertz CT molecular complexity index is 307. The van der Waals surface area contributed by atoms with Crippen molar-refractivity contribution in [3.05, 3.63) is 30.1 Å². The normalized spacial score (nSPS) is 10.5. The van der Waals surface area contributed by atoms with Crippen LogP contribution in [-0.2, 0) is 9.47 Å². The third-order valence-electron chi connectivity index (χ3n) is 2.12. The summed E-state index contributed by atoms with van der Waals surface area (Å²) in [5.74, 6) is -0.233. The number of rotatable bonds is 9. The van der Waals surface area contributed by atoms with Crippen LogP contribution < -0.4 is 5.32 Å². The number of hydrogen-bond acceptors (Lipinski definition) is 3. The number of nitrogens with one attached hydrogen (secondary N) is 1. The molecule has 1 aromatic rings. The van der Waals surface area contributed by atoms with Gasteiger partial charge in [0.25, 0.3) is 0 Å². The third kappa shape index (κ3) is 6.92. The van der Waals surface area contributed by atoms with Crippen molar-refractivity contribution >= 4 is 5.69 Å². The molecule has 4 heteroatoms. The van der Waals surface area contributed by atoms with E-state index in [1.807, 2.05) is 6.07 Å². The summed E-state index contributed by atoms with van der Waals surface area (Å²) < 4.78 is 23.4. The molecule has 0 aromatic heterocycles. The van der Waals surface area contributed by atoms with E-state index in [0.29, 0.717) is 26.4 Å². The van der Waals surface area contributed by atoms with Crippen LogP contribution in [-0.4, -0.2) is 33.0 Å². The highest BCUT2D eigenvalue weighted by Crippen LogP contribution is 2.08. The van der Waals surface area contributed by atoms with Crippen molar-refractivity contribution in [1.29, 1.82) is 0 Å². The molecule has 0 aliphatic carbocycles. The fourth-order valence-electron chi connectivity index (χ4n) is 1.33. The Morgan fingerprint density at radius 1 is 1.12 bits per heavy atom. The van der Waals surface area contributed by atoms with Crippen LogP contribution in [0.3, 0.4) is 0 Å². The minimum Gasteiger partial charge on any atom is -0.383 e. The van der Waals surface area contributed by atoms with Crippen LogP contribution in [0.1, 0.15) is 13.3 Å². The standard InChI is InChI=1S/C13H20FNO2/c1-2-7-16-9-10-17-8-6-15-13-5-3-4-12(14)11-13/h3-5,11,15H,2,6-10H2,1H3. The zero-order valence-electron chi connectivity index (χ0n) is 10.2. The van der Waals surface area contributed by atoms with E-state index in [0.717, 1.165) is 18.7 Å². The second-order valence-corrected chi connectivity index (χ2v) is 3.66. The van der Waals surface area contributed by atoms with Gasteiger partial charge in [0.15, 0.2) is 0 Å². The molecule has 0 amide bonds. The van der Waals surface area contributed by atoms with Gasteiger partial charge in [0.2, 0.25) is 0 Å². The van der Waals surface area contributed by atoms with E-state index in [1.165, 1.54) is 12.1 Å². The zero-order valence-corrected chi connectivity index (χ0v) is 10.2. The van der Waals surface area contributed by atoms with E-state index in [4.69, 9.17) is 9.47 Å². The minimum absolute atomic E-state index is 0.233. The first-order valence-corrected chi connectivity index (χ1v) is 5.98. The van der Waals surface area contributed by atoms with Crippen LogP contribution in [0.4, 0.5) is 10.1 Å². The number of ether oxygens (including phenoxy) is 2. The lowest BCUT2D eigenvalue weighted by atomic mass is 10.3. The second-order valence-electron chi connectivity index (χ2n) is 3.66. The molecule has 1 aromatic carbocycles. The Morgan fingerprint density at radius 3 is 2.59 bits per heavy atom. The van der Waals surface area contributed by atoms with Crippen molar-refractivity contribution in [3.8, 4) is 0 Å². The Morgan fingerprint density at radius 2 is 1.88 bits per heavy atom. The minimum atomic E-state index is -0.233. The van der Waals surface area contributed by atoms with Crippen LogP contribution in [0.25, 0.3) is 0 Å². The van der Waals surface area contributed by atoms with Crippen molar-refractivity contribution < 1.29 is 13.9 Å². The topological polar surface area (TPSA) is 30.5 Å². The van der Waals surface area contributed by atoms with Gasteiger partial charge >= 0.3 is 0 Å². The SMILES string of the molecule is CCCOCCOCCNc1cccc(F)c1. The highest BCUT2D eigenvalue weighted by atomic mass is 19.1. The number of halogens is 1. The molecule has 3 nitrogen and oxygen atoms in total. The maximum atomic E-state index is 12.8. The van der Waals surface area contributed by atoms with Gasteiger partial charge in [0, 0.05) is 18.8 Å². The van der Waals surface area contributed by atoms with Crippen LogP contribution in [0.2, 0.25) is 0 Å². The highest BCUT2D eigenvalue weighted by molar-refractivity contribution is 5.42. The summed E-state index contributed by atoms with van der Waals surface area (Å²) in [5.41, 5.74) is 0.774. The molecule has 17 heavy (non-hydrogen) atoms. The van der Waals surface area contributed by atoms with Gasteiger partial charge in [-0.15, -0.1) is 0 Å². The number of hydrogen-bond donors (Lipinski definition) is 1. The first-order chi connectivity index (χ1) is 8.33. The molecule has 0 atom stereocenters. The van der Waals surface area contributed by atoms with Crippen molar-refractivity contribution in [2.75, 3.05) is 38.3 Å².